The van der Waals surface area contributed by atoms with E-state index in [0.717, 1.165) is 10.5 Å². The van der Waals surface area contributed by atoms with E-state index in [1.54, 1.807) is 32.9 Å². The van der Waals surface area contributed by atoms with E-state index >= 15 is 0 Å². The maximum absolute atomic E-state index is 12.6. The molecule has 2 aliphatic rings. The minimum absolute atomic E-state index is 0.0663. The first kappa shape index (κ1) is 22.7. The molecule has 2 atom stereocenters. The van der Waals surface area contributed by atoms with Crippen molar-refractivity contribution in [3.8, 4) is 0 Å². The molecule has 0 saturated carbocycles. The summed E-state index contributed by atoms with van der Waals surface area (Å²) in [5.74, 6) is -2.08. The first-order valence-corrected chi connectivity index (χ1v) is 10.7. The van der Waals surface area contributed by atoms with Crippen molar-refractivity contribution in [2.75, 3.05) is 12.4 Å². The molecule has 2 N–H and O–H groups in total. The highest BCUT2D eigenvalue weighted by Gasteiger charge is 2.54. The lowest BCUT2D eigenvalue weighted by atomic mass is 10.0. The number of thioether (sulfide) groups is 1. The zero-order valence-corrected chi connectivity index (χ0v) is 18.2. The van der Waals surface area contributed by atoms with E-state index in [2.05, 4.69) is 5.32 Å². The standard InChI is InChI=1S/C21H24N2O7S/c1-21(2,3)30-20(28)22-15-17(25)23-16(19(26)27)13(11-31-18(15)23)10-29-14(24)9-12-7-5-4-6-8-12/h4-8,15,18H,9-11H2,1-3H3,(H,22,28)(H,26,27)/t15-,18-/m1/s1. The molecule has 0 spiro atoms. The molecule has 1 aromatic rings. The number of rotatable bonds is 6. The summed E-state index contributed by atoms with van der Waals surface area (Å²) in [5, 5.41) is 11.6. The van der Waals surface area contributed by atoms with E-state index in [1.807, 2.05) is 18.2 Å². The average molecular weight is 448 g/mol. The van der Waals surface area contributed by atoms with Crippen LogP contribution in [0.4, 0.5) is 4.79 Å². The summed E-state index contributed by atoms with van der Waals surface area (Å²) in [6.07, 6.45) is -0.677. The number of carboxylic acid groups (broad SMARTS) is 1. The molecule has 1 fully saturated rings. The van der Waals surface area contributed by atoms with E-state index in [-0.39, 0.29) is 24.5 Å². The van der Waals surface area contributed by atoms with Gasteiger partial charge < -0.3 is 19.9 Å². The van der Waals surface area contributed by atoms with Gasteiger partial charge in [-0.1, -0.05) is 30.3 Å². The number of amides is 2. The summed E-state index contributed by atoms with van der Waals surface area (Å²) in [5.41, 5.74) is 0.189. The monoisotopic (exact) mass is 448 g/mol. The molecule has 2 heterocycles. The van der Waals surface area contributed by atoms with Gasteiger partial charge in [-0.25, -0.2) is 9.59 Å². The number of carbonyl (C=O) groups excluding carboxylic acids is 3. The molecular weight excluding hydrogens is 424 g/mol. The van der Waals surface area contributed by atoms with Crippen molar-refractivity contribution in [2.24, 2.45) is 0 Å². The third kappa shape index (κ3) is 5.38. The zero-order valence-electron chi connectivity index (χ0n) is 17.4. The number of alkyl carbamates (subject to hydrolysis) is 1. The van der Waals surface area contributed by atoms with Gasteiger partial charge in [-0.15, -0.1) is 11.8 Å². The second-order valence-electron chi connectivity index (χ2n) is 8.11. The number of β-lactam (4-membered cyclic amide) rings is 1. The second-order valence-corrected chi connectivity index (χ2v) is 9.22. The predicted molar refractivity (Wildman–Crippen MR) is 112 cm³/mol. The molecule has 0 aliphatic carbocycles. The van der Waals surface area contributed by atoms with Crippen molar-refractivity contribution in [1.82, 2.24) is 10.2 Å². The Kier molecular flexibility index (Phi) is 6.59. The molecule has 3 rings (SSSR count). The van der Waals surface area contributed by atoms with Crippen molar-refractivity contribution in [3.05, 3.63) is 47.2 Å². The van der Waals surface area contributed by atoms with Gasteiger partial charge in [0.05, 0.1) is 6.42 Å². The van der Waals surface area contributed by atoms with Crippen LogP contribution >= 0.6 is 11.8 Å². The lowest BCUT2D eigenvalue weighted by Crippen LogP contribution is -2.70. The van der Waals surface area contributed by atoms with Crippen LogP contribution in [0.5, 0.6) is 0 Å². The molecule has 0 unspecified atom stereocenters. The minimum atomic E-state index is -1.29. The van der Waals surface area contributed by atoms with Gasteiger partial charge in [0.1, 0.15) is 29.3 Å². The van der Waals surface area contributed by atoms with Crippen LogP contribution in [0.15, 0.2) is 41.6 Å². The lowest BCUT2D eigenvalue weighted by Gasteiger charge is -2.49. The highest BCUT2D eigenvalue weighted by molar-refractivity contribution is 8.00. The number of hydrogen-bond acceptors (Lipinski definition) is 7. The van der Waals surface area contributed by atoms with Crippen molar-refractivity contribution in [1.29, 1.82) is 0 Å². The number of carbonyl (C=O) groups is 4. The predicted octanol–water partition coefficient (Wildman–Crippen LogP) is 1.92. The molecule has 0 bridgehead atoms. The summed E-state index contributed by atoms with van der Waals surface area (Å²) < 4.78 is 10.4. The van der Waals surface area contributed by atoms with Crippen LogP contribution in [0.1, 0.15) is 26.3 Å². The van der Waals surface area contributed by atoms with Gasteiger partial charge in [0, 0.05) is 11.3 Å². The molecule has 166 valence electrons. The average Bonchev–Trinajstić information content (AvgIpc) is 2.69. The van der Waals surface area contributed by atoms with Crippen LogP contribution < -0.4 is 5.32 Å². The van der Waals surface area contributed by atoms with Crippen LogP contribution in [-0.4, -0.2) is 63.3 Å². The van der Waals surface area contributed by atoms with Crippen molar-refractivity contribution >= 4 is 35.7 Å². The number of hydrogen-bond donors (Lipinski definition) is 2. The van der Waals surface area contributed by atoms with Gasteiger partial charge in [0.2, 0.25) is 0 Å². The molecule has 9 nitrogen and oxygen atoms in total. The van der Waals surface area contributed by atoms with Gasteiger partial charge in [0.15, 0.2) is 0 Å². The molecule has 2 amide bonds. The summed E-state index contributed by atoms with van der Waals surface area (Å²) >= 11 is 1.29. The van der Waals surface area contributed by atoms with Gasteiger partial charge in [-0.3, -0.25) is 14.5 Å². The Balaban J connectivity index is 1.64. The van der Waals surface area contributed by atoms with Crippen LogP contribution in [-0.2, 0) is 30.3 Å². The van der Waals surface area contributed by atoms with Crippen LogP contribution in [0.3, 0.4) is 0 Å². The smallest absolute Gasteiger partial charge is 0.408 e. The number of ether oxygens (including phenoxy) is 2. The summed E-state index contributed by atoms with van der Waals surface area (Å²) in [7, 11) is 0. The molecule has 2 aliphatic heterocycles. The van der Waals surface area contributed by atoms with Gasteiger partial charge in [-0.2, -0.15) is 0 Å². The fourth-order valence-corrected chi connectivity index (χ4v) is 4.54. The fourth-order valence-electron chi connectivity index (χ4n) is 3.21. The fraction of sp³-hybridized carbons (Fsp3) is 0.429. The zero-order chi connectivity index (χ0) is 22.8. The number of nitrogens with zero attached hydrogens (tertiary/aromatic N) is 1. The molecule has 0 radical (unpaired) electrons. The Morgan fingerprint density at radius 1 is 1.23 bits per heavy atom. The Hall–Kier alpha value is -3.01. The SMILES string of the molecule is CC(C)(C)OC(=O)N[C@@H]1C(=O)N2C(C(=O)O)=C(COC(=O)Cc3ccccc3)CS[C@H]12. The largest absolute Gasteiger partial charge is 0.477 e. The maximum atomic E-state index is 12.6. The molecule has 0 aromatic heterocycles. The Morgan fingerprint density at radius 3 is 2.52 bits per heavy atom. The van der Waals surface area contributed by atoms with Gasteiger partial charge in [0.25, 0.3) is 5.91 Å². The Morgan fingerprint density at radius 2 is 1.90 bits per heavy atom. The Bertz CT molecular complexity index is 923. The third-order valence-electron chi connectivity index (χ3n) is 4.52. The summed E-state index contributed by atoms with van der Waals surface area (Å²) in [6.45, 7) is 4.88. The van der Waals surface area contributed by atoms with Crippen LogP contribution in [0, 0.1) is 0 Å². The van der Waals surface area contributed by atoms with Crippen LogP contribution in [0.25, 0.3) is 0 Å². The first-order chi connectivity index (χ1) is 14.6. The number of benzene rings is 1. The Labute approximate surface area is 183 Å². The van der Waals surface area contributed by atoms with Gasteiger partial charge in [-0.05, 0) is 26.3 Å². The van der Waals surface area contributed by atoms with Crippen molar-refractivity contribution in [3.63, 3.8) is 0 Å². The quantitative estimate of drug-likeness (QED) is 0.500. The number of esters is 1. The van der Waals surface area contributed by atoms with E-state index < -0.39 is 41.0 Å². The molecule has 10 heteroatoms. The van der Waals surface area contributed by atoms with Crippen LogP contribution in [0.2, 0.25) is 0 Å². The van der Waals surface area contributed by atoms with Crippen molar-refractivity contribution in [2.45, 2.75) is 44.2 Å². The molecule has 31 heavy (non-hydrogen) atoms. The minimum Gasteiger partial charge on any atom is -0.477 e. The topological polar surface area (TPSA) is 122 Å². The second kappa shape index (κ2) is 9.01. The third-order valence-corrected chi connectivity index (χ3v) is 5.86. The van der Waals surface area contributed by atoms with E-state index in [0.29, 0.717) is 5.57 Å². The number of nitrogens with one attached hydrogen (secondary N) is 1. The van der Waals surface area contributed by atoms with E-state index in [1.165, 1.54) is 11.8 Å². The lowest BCUT2D eigenvalue weighted by molar-refractivity contribution is -0.149. The number of carboxylic acids is 1. The van der Waals surface area contributed by atoms with Gasteiger partial charge >= 0.3 is 18.0 Å². The summed E-state index contributed by atoms with van der Waals surface area (Å²) in [6, 6.07) is 8.16. The maximum Gasteiger partial charge on any atom is 0.408 e. The molecule has 1 saturated heterocycles. The first-order valence-electron chi connectivity index (χ1n) is 9.66. The number of aliphatic carboxylic acids is 1. The highest BCUT2D eigenvalue weighted by Crippen LogP contribution is 2.40. The molecule has 1 aromatic carbocycles. The highest BCUT2D eigenvalue weighted by atomic mass is 32.2. The summed E-state index contributed by atoms with van der Waals surface area (Å²) in [4.78, 5) is 49.6. The van der Waals surface area contributed by atoms with Crippen molar-refractivity contribution < 1.29 is 33.8 Å². The van der Waals surface area contributed by atoms with E-state index in [4.69, 9.17) is 9.47 Å². The normalized spacial score (nSPS) is 20.5. The number of fused-ring (bicyclic) bond motifs is 1. The van der Waals surface area contributed by atoms with E-state index in [9.17, 15) is 24.3 Å². The molecular formula is C21H24N2O7S.